The Balaban J connectivity index is 3.01. The number of rotatable bonds is 6. The molecule has 0 bridgehead atoms. The molecule has 8 heteroatoms. The summed E-state index contributed by atoms with van der Waals surface area (Å²) in [6.07, 6.45) is 0.651. The first-order valence-electron chi connectivity index (χ1n) is 5.55. The lowest BCUT2D eigenvalue weighted by Gasteiger charge is -2.14. The fourth-order valence-electron chi connectivity index (χ4n) is 1.57. The van der Waals surface area contributed by atoms with Gasteiger partial charge in [-0.2, -0.15) is 0 Å². The van der Waals surface area contributed by atoms with Crippen LogP contribution >= 0.6 is 0 Å². The molecule has 0 radical (unpaired) electrons. The van der Waals surface area contributed by atoms with E-state index in [1.54, 1.807) is 0 Å². The van der Waals surface area contributed by atoms with Crippen LogP contribution in [0.1, 0.15) is 19.8 Å². The van der Waals surface area contributed by atoms with Crippen molar-refractivity contribution in [3.8, 4) is 0 Å². The summed E-state index contributed by atoms with van der Waals surface area (Å²) in [6, 6.07) is -0.00694. The molecule has 4 nitrogen and oxygen atoms in total. The molecule has 0 spiro atoms. The largest absolute Gasteiger partial charge is 0.396 e. The second kappa shape index (κ2) is 6.36. The first-order valence-corrected chi connectivity index (χ1v) is 7.04. The normalized spacial score (nSPS) is 13.5. The van der Waals surface area contributed by atoms with Crippen molar-refractivity contribution in [1.29, 1.82) is 0 Å². The molecule has 0 aliphatic carbocycles. The van der Waals surface area contributed by atoms with Crippen molar-refractivity contribution < 1.29 is 26.7 Å². The maximum Gasteiger partial charge on any atom is 0.246 e. The predicted octanol–water partition coefficient (Wildman–Crippen LogP) is 1.54. The van der Waals surface area contributed by atoms with E-state index in [2.05, 4.69) is 4.72 Å². The number of sulfonamides is 1. The quantitative estimate of drug-likeness (QED) is 0.837. The molecule has 0 aliphatic heterocycles. The Bertz CT molecular complexity index is 525. The molecule has 2 N–H and O–H groups in total. The zero-order valence-corrected chi connectivity index (χ0v) is 11.0. The van der Waals surface area contributed by atoms with Crippen molar-refractivity contribution in [1.82, 2.24) is 4.72 Å². The van der Waals surface area contributed by atoms with Gasteiger partial charge in [-0.1, -0.05) is 0 Å². The summed E-state index contributed by atoms with van der Waals surface area (Å²) < 4.78 is 65.1. The zero-order chi connectivity index (χ0) is 14.6. The minimum atomic E-state index is -4.42. The van der Waals surface area contributed by atoms with Crippen molar-refractivity contribution in [2.45, 2.75) is 30.7 Å². The average Bonchev–Trinajstić information content (AvgIpc) is 2.23. The molecule has 0 saturated carbocycles. The van der Waals surface area contributed by atoms with Crippen molar-refractivity contribution in [2.24, 2.45) is 0 Å². The molecule has 1 atom stereocenters. The number of halogens is 3. The molecule has 1 aromatic carbocycles. The number of benzene rings is 1. The predicted molar refractivity (Wildman–Crippen MR) is 62.4 cm³/mol. The van der Waals surface area contributed by atoms with Gasteiger partial charge in [0, 0.05) is 24.8 Å². The number of nitrogens with one attached hydrogen (secondary N) is 1. The molecule has 0 heterocycles. The van der Waals surface area contributed by atoms with Crippen molar-refractivity contribution in [3.05, 3.63) is 29.6 Å². The van der Waals surface area contributed by atoms with Crippen LogP contribution < -0.4 is 4.72 Å². The highest BCUT2D eigenvalue weighted by Gasteiger charge is 2.26. The lowest BCUT2D eigenvalue weighted by Crippen LogP contribution is -2.33. The second-order valence-electron chi connectivity index (χ2n) is 4.09. The highest BCUT2D eigenvalue weighted by Crippen LogP contribution is 2.20. The lowest BCUT2D eigenvalue weighted by molar-refractivity contribution is 0.279. The van der Waals surface area contributed by atoms with Gasteiger partial charge < -0.3 is 5.11 Å². The van der Waals surface area contributed by atoms with Crippen LogP contribution in [0.2, 0.25) is 0 Å². The van der Waals surface area contributed by atoms with Gasteiger partial charge in [0.15, 0.2) is 4.90 Å². The second-order valence-corrected chi connectivity index (χ2v) is 5.74. The molecule has 0 amide bonds. The van der Waals surface area contributed by atoms with Gasteiger partial charge in [0.25, 0.3) is 0 Å². The highest BCUT2D eigenvalue weighted by molar-refractivity contribution is 7.89. The van der Waals surface area contributed by atoms with E-state index in [-0.39, 0.29) is 6.61 Å². The molecule has 0 fully saturated rings. The molecular weight excluding hydrogens is 283 g/mol. The lowest BCUT2D eigenvalue weighted by atomic mass is 10.2. The van der Waals surface area contributed by atoms with Crippen LogP contribution in [0.5, 0.6) is 0 Å². The van der Waals surface area contributed by atoms with Gasteiger partial charge in [-0.05, 0) is 19.8 Å². The highest BCUT2D eigenvalue weighted by atomic mass is 32.2. The molecule has 0 aliphatic rings. The Kier molecular flexibility index (Phi) is 5.33. The minimum Gasteiger partial charge on any atom is -0.396 e. The first kappa shape index (κ1) is 15.9. The van der Waals surface area contributed by atoms with Gasteiger partial charge in [0.1, 0.15) is 17.5 Å². The Morgan fingerprint density at radius 2 is 1.79 bits per heavy atom. The summed E-state index contributed by atoms with van der Waals surface area (Å²) in [7, 11) is -4.42. The summed E-state index contributed by atoms with van der Waals surface area (Å²) in [5, 5.41) is 8.61. The monoisotopic (exact) mass is 297 g/mol. The standard InChI is InChI=1S/C11H14F3NO3S/c1-7(3-2-4-16)15-19(17,18)11-9(13)5-8(12)6-10(11)14/h5-7,15-16H,2-4H2,1H3. The number of aliphatic hydroxyl groups is 1. The molecule has 0 aromatic heterocycles. The van der Waals surface area contributed by atoms with Crippen LogP contribution in [0, 0.1) is 17.5 Å². The van der Waals surface area contributed by atoms with E-state index in [1.807, 2.05) is 0 Å². The SMILES string of the molecule is CC(CCCO)NS(=O)(=O)c1c(F)cc(F)cc1F. The first-order chi connectivity index (χ1) is 8.77. The van der Waals surface area contributed by atoms with Crippen LogP contribution in [-0.2, 0) is 10.0 Å². The van der Waals surface area contributed by atoms with Gasteiger partial charge in [-0.15, -0.1) is 0 Å². The molecule has 1 rings (SSSR count). The van der Waals surface area contributed by atoms with E-state index in [0.717, 1.165) is 0 Å². The topological polar surface area (TPSA) is 66.4 Å². The fraction of sp³-hybridized carbons (Fsp3) is 0.455. The molecule has 1 unspecified atom stereocenters. The Morgan fingerprint density at radius 3 is 2.26 bits per heavy atom. The molecule has 1 aromatic rings. The van der Waals surface area contributed by atoms with Gasteiger partial charge in [-0.3, -0.25) is 0 Å². The minimum absolute atomic E-state index is 0.120. The smallest absolute Gasteiger partial charge is 0.246 e. The summed E-state index contributed by atoms with van der Waals surface area (Å²) in [6.45, 7) is 1.37. The third kappa shape index (κ3) is 4.19. The van der Waals surface area contributed by atoms with E-state index in [1.165, 1.54) is 6.92 Å². The van der Waals surface area contributed by atoms with Crippen LogP contribution in [0.4, 0.5) is 13.2 Å². The van der Waals surface area contributed by atoms with E-state index >= 15 is 0 Å². The van der Waals surface area contributed by atoms with Crippen LogP contribution in [0.15, 0.2) is 17.0 Å². The van der Waals surface area contributed by atoms with Gasteiger partial charge >= 0.3 is 0 Å². The maximum absolute atomic E-state index is 13.4. The fourth-order valence-corrected chi connectivity index (χ4v) is 2.96. The average molecular weight is 297 g/mol. The van der Waals surface area contributed by atoms with Gasteiger partial charge in [0.2, 0.25) is 10.0 Å². The van der Waals surface area contributed by atoms with Crippen molar-refractivity contribution in [2.75, 3.05) is 6.61 Å². The third-order valence-corrected chi connectivity index (χ3v) is 4.02. The van der Waals surface area contributed by atoms with Gasteiger partial charge in [0.05, 0.1) is 0 Å². The molecular formula is C11H14F3NO3S. The number of hydrogen-bond acceptors (Lipinski definition) is 3. The maximum atomic E-state index is 13.4. The van der Waals surface area contributed by atoms with E-state index in [9.17, 15) is 21.6 Å². The van der Waals surface area contributed by atoms with E-state index in [4.69, 9.17) is 5.11 Å². The van der Waals surface area contributed by atoms with Gasteiger partial charge in [-0.25, -0.2) is 26.3 Å². The Labute approximate surface area is 109 Å². The van der Waals surface area contributed by atoms with Crippen LogP contribution in [0.25, 0.3) is 0 Å². The van der Waals surface area contributed by atoms with Crippen molar-refractivity contribution >= 4 is 10.0 Å². The molecule has 0 saturated heterocycles. The Morgan fingerprint density at radius 1 is 1.26 bits per heavy atom. The summed E-state index contributed by atoms with van der Waals surface area (Å²) in [5.41, 5.74) is 0. The Hall–Kier alpha value is -1.12. The molecule has 19 heavy (non-hydrogen) atoms. The van der Waals surface area contributed by atoms with Crippen molar-refractivity contribution in [3.63, 3.8) is 0 Å². The molecule has 108 valence electrons. The van der Waals surface area contributed by atoms with E-state index in [0.29, 0.717) is 25.0 Å². The summed E-state index contributed by atoms with van der Waals surface area (Å²) >= 11 is 0. The number of hydrogen-bond donors (Lipinski definition) is 2. The summed E-state index contributed by atoms with van der Waals surface area (Å²) in [5.74, 6) is -4.17. The zero-order valence-electron chi connectivity index (χ0n) is 10.2. The number of aliphatic hydroxyl groups excluding tert-OH is 1. The van der Waals surface area contributed by atoms with Crippen LogP contribution in [-0.4, -0.2) is 26.2 Å². The third-order valence-electron chi connectivity index (χ3n) is 2.38. The van der Waals surface area contributed by atoms with Crippen LogP contribution in [0.3, 0.4) is 0 Å². The van der Waals surface area contributed by atoms with E-state index < -0.39 is 38.4 Å². The summed E-state index contributed by atoms with van der Waals surface area (Å²) in [4.78, 5) is -1.20.